The Labute approximate surface area is 192 Å². The molecule has 1 saturated heterocycles. The van der Waals surface area contributed by atoms with E-state index in [9.17, 15) is 18.0 Å². The van der Waals surface area contributed by atoms with Crippen LogP contribution in [0.4, 0.5) is 13.2 Å². The lowest BCUT2D eigenvalue weighted by Gasteiger charge is -2.24. The number of methoxy groups -OCH3 is 1. The van der Waals surface area contributed by atoms with Gasteiger partial charge in [-0.3, -0.25) is 4.79 Å². The Balaban J connectivity index is 1.43. The molecule has 1 atom stereocenters. The van der Waals surface area contributed by atoms with E-state index in [0.29, 0.717) is 29.4 Å². The quantitative estimate of drug-likeness (QED) is 0.455. The van der Waals surface area contributed by atoms with Crippen molar-refractivity contribution in [1.82, 2.24) is 24.8 Å². The van der Waals surface area contributed by atoms with Crippen LogP contribution in [0.2, 0.25) is 0 Å². The fourth-order valence-electron chi connectivity index (χ4n) is 4.22. The number of rotatable bonds is 4. The van der Waals surface area contributed by atoms with Gasteiger partial charge in [0.25, 0.3) is 5.91 Å². The van der Waals surface area contributed by atoms with Crippen molar-refractivity contribution in [1.29, 1.82) is 0 Å². The number of hydrogen-bond acceptors (Lipinski definition) is 5. The maximum absolute atomic E-state index is 13.3. The van der Waals surface area contributed by atoms with E-state index in [2.05, 4.69) is 15.0 Å². The topological polar surface area (TPSA) is 84.0 Å². The summed E-state index contributed by atoms with van der Waals surface area (Å²) >= 11 is 0. The summed E-state index contributed by atoms with van der Waals surface area (Å²) in [7, 11) is 1.59. The number of benzene rings is 2. The van der Waals surface area contributed by atoms with E-state index in [1.165, 1.54) is 18.2 Å². The molecular weight excluding hydrogens is 447 g/mol. The number of imidazole rings is 1. The molecule has 1 fully saturated rings. The SMILES string of the molecule is COc1cccc(-c2nccc([C@@H]3CCCN3C(=O)c3ccc4nc(C(F)(F)F)[nH]c4c3)n2)c1. The minimum Gasteiger partial charge on any atom is -0.497 e. The smallest absolute Gasteiger partial charge is 0.449 e. The summed E-state index contributed by atoms with van der Waals surface area (Å²) < 4.78 is 44.2. The molecule has 1 aliphatic heterocycles. The normalized spacial score (nSPS) is 16.2. The Bertz CT molecular complexity index is 1370. The minimum absolute atomic E-state index is 0.153. The molecule has 0 radical (unpaired) electrons. The molecule has 7 nitrogen and oxygen atoms in total. The monoisotopic (exact) mass is 467 g/mol. The maximum Gasteiger partial charge on any atom is 0.449 e. The summed E-state index contributed by atoms with van der Waals surface area (Å²) in [6.45, 7) is 0.525. The van der Waals surface area contributed by atoms with Crippen LogP contribution in [0.5, 0.6) is 5.75 Å². The molecule has 2 aromatic heterocycles. The lowest BCUT2D eigenvalue weighted by molar-refractivity contribution is -0.144. The van der Waals surface area contributed by atoms with Crippen molar-refractivity contribution in [3.63, 3.8) is 0 Å². The number of likely N-dealkylation sites (tertiary alicyclic amines) is 1. The van der Waals surface area contributed by atoms with Gasteiger partial charge in [-0.05, 0) is 49.2 Å². The molecule has 5 rings (SSSR count). The number of nitrogens with one attached hydrogen (secondary N) is 1. The molecule has 2 aromatic carbocycles. The van der Waals surface area contributed by atoms with Gasteiger partial charge in [-0.15, -0.1) is 0 Å². The highest BCUT2D eigenvalue weighted by atomic mass is 19.4. The van der Waals surface area contributed by atoms with Gasteiger partial charge in [0.1, 0.15) is 5.75 Å². The second-order valence-electron chi connectivity index (χ2n) is 8.01. The van der Waals surface area contributed by atoms with Gasteiger partial charge in [0.2, 0.25) is 5.82 Å². The number of alkyl halides is 3. The number of carbonyl (C=O) groups excluding carboxylic acids is 1. The van der Waals surface area contributed by atoms with Gasteiger partial charge in [0.15, 0.2) is 5.82 Å². The standard InChI is InChI=1S/C24H20F3N5O2/c1-34-16-5-2-4-14(12-16)21-28-10-9-18(29-21)20-6-3-11-32(20)22(33)15-7-8-17-19(13-15)31-23(30-17)24(25,26)27/h2,4-5,7-10,12-13,20H,3,6,11H2,1H3,(H,30,31)/t20-/m0/s1. The van der Waals surface area contributed by atoms with Crippen LogP contribution in [0.25, 0.3) is 22.4 Å². The van der Waals surface area contributed by atoms with Crippen LogP contribution in [-0.4, -0.2) is 44.4 Å². The molecule has 0 unspecified atom stereocenters. The largest absolute Gasteiger partial charge is 0.497 e. The summed E-state index contributed by atoms with van der Waals surface area (Å²) in [6, 6.07) is 13.3. The zero-order valence-corrected chi connectivity index (χ0v) is 18.1. The molecule has 0 bridgehead atoms. The van der Waals surface area contributed by atoms with Crippen molar-refractivity contribution in [2.24, 2.45) is 0 Å². The van der Waals surface area contributed by atoms with Crippen LogP contribution in [0, 0.1) is 0 Å². The first kappa shape index (κ1) is 21.9. The second kappa shape index (κ2) is 8.44. The maximum atomic E-state index is 13.3. The highest BCUT2D eigenvalue weighted by molar-refractivity contribution is 5.97. The zero-order chi connectivity index (χ0) is 23.9. The summed E-state index contributed by atoms with van der Waals surface area (Å²) in [5.41, 5.74) is 2.11. The number of hydrogen-bond donors (Lipinski definition) is 1. The number of aromatic amines is 1. The van der Waals surface area contributed by atoms with Crippen molar-refractivity contribution in [3.8, 4) is 17.1 Å². The van der Waals surface area contributed by atoms with Gasteiger partial charge in [0, 0.05) is 23.9 Å². The molecule has 10 heteroatoms. The van der Waals surface area contributed by atoms with E-state index in [-0.39, 0.29) is 23.0 Å². The van der Waals surface area contributed by atoms with Crippen molar-refractivity contribution in [2.45, 2.75) is 25.1 Å². The molecular formula is C24H20F3N5O2. The van der Waals surface area contributed by atoms with E-state index in [1.807, 2.05) is 24.3 Å². The van der Waals surface area contributed by atoms with Crippen molar-refractivity contribution < 1.29 is 22.7 Å². The van der Waals surface area contributed by atoms with Crippen LogP contribution >= 0.6 is 0 Å². The average Bonchev–Trinajstić information content (AvgIpc) is 3.50. The third-order valence-electron chi connectivity index (χ3n) is 5.86. The first-order valence-corrected chi connectivity index (χ1v) is 10.7. The summed E-state index contributed by atoms with van der Waals surface area (Å²) in [5.74, 6) is -0.146. The zero-order valence-electron chi connectivity index (χ0n) is 18.1. The average molecular weight is 467 g/mol. The summed E-state index contributed by atoms with van der Waals surface area (Å²) in [4.78, 5) is 29.9. The van der Waals surface area contributed by atoms with Gasteiger partial charge in [0.05, 0.1) is 29.9 Å². The Kier molecular flexibility index (Phi) is 5.43. The first-order chi connectivity index (χ1) is 16.3. The number of aromatic nitrogens is 4. The van der Waals surface area contributed by atoms with E-state index in [0.717, 1.165) is 18.4 Å². The molecule has 1 amide bonds. The van der Waals surface area contributed by atoms with Crippen molar-refractivity contribution in [3.05, 3.63) is 71.8 Å². The minimum atomic E-state index is -4.59. The highest BCUT2D eigenvalue weighted by Crippen LogP contribution is 2.34. The molecule has 0 saturated carbocycles. The van der Waals surface area contributed by atoms with E-state index in [1.54, 1.807) is 24.3 Å². The van der Waals surface area contributed by atoms with Gasteiger partial charge >= 0.3 is 6.18 Å². The molecule has 3 heterocycles. The van der Waals surface area contributed by atoms with Crippen LogP contribution in [0.1, 0.15) is 40.8 Å². The lowest BCUT2D eigenvalue weighted by atomic mass is 10.1. The van der Waals surface area contributed by atoms with Crippen LogP contribution in [0.3, 0.4) is 0 Å². The van der Waals surface area contributed by atoms with Crippen molar-refractivity contribution >= 4 is 16.9 Å². The number of ether oxygens (including phenoxy) is 1. The van der Waals surface area contributed by atoms with E-state index in [4.69, 9.17) is 9.72 Å². The molecule has 0 spiro atoms. The third kappa shape index (κ3) is 4.07. The Hall–Kier alpha value is -3.95. The molecule has 34 heavy (non-hydrogen) atoms. The highest BCUT2D eigenvalue weighted by Gasteiger charge is 2.35. The van der Waals surface area contributed by atoms with Crippen LogP contribution < -0.4 is 4.74 Å². The number of H-pyrrole nitrogens is 1. The van der Waals surface area contributed by atoms with Crippen LogP contribution in [-0.2, 0) is 6.18 Å². The fourth-order valence-corrected chi connectivity index (χ4v) is 4.22. The molecule has 1 aliphatic rings. The van der Waals surface area contributed by atoms with Gasteiger partial charge < -0.3 is 14.6 Å². The number of nitrogens with zero attached hydrogens (tertiary/aromatic N) is 4. The van der Waals surface area contributed by atoms with Gasteiger partial charge in [-0.2, -0.15) is 13.2 Å². The number of halogens is 3. The lowest BCUT2D eigenvalue weighted by Crippen LogP contribution is -2.31. The van der Waals surface area contributed by atoms with E-state index < -0.39 is 12.0 Å². The third-order valence-corrected chi connectivity index (χ3v) is 5.86. The molecule has 174 valence electrons. The van der Waals surface area contributed by atoms with Crippen molar-refractivity contribution in [2.75, 3.05) is 13.7 Å². The van der Waals surface area contributed by atoms with Crippen LogP contribution in [0.15, 0.2) is 54.7 Å². The second-order valence-corrected chi connectivity index (χ2v) is 8.01. The predicted molar refractivity (Wildman–Crippen MR) is 118 cm³/mol. The summed E-state index contributed by atoms with van der Waals surface area (Å²) in [6.07, 6.45) is -1.41. The molecule has 4 aromatic rings. The Morgan fingerprint density at radius 2 is 2.00 bits per heavy atom. The Morgan fingerprint density at radius 1 is 1.15 bits per heavy atom. The van der Waals surface area contributed by atoms with Gasteiger partial charge in [-0.25, -0.2) is 15.0 Å². The van der Waals surface area contributed by atoms with Gasteiger partial charge in [-0.1, -0.05) is 12.1 Å². The van der Waals surface area contributed by atoms with E-state index >= 15 is 0 Å². The summed E-state index contributed by atoms with van der Waals surface area (Å²) in [5, 5.41) is 0. The predicted octanol–water partition coefficient (Wildman–Crippen LogP) is 5.02. The first-order valence-electron chi connectivity index (χ1n) is 10.7. The molecule has 1 N–H and O–H groups in total. The number of amides is 1. The molecule has 0 aliphatic carbocycles. The number of fused-ring (bicyclic) bond motifs is 1. The number of carbonyl (C=O) groups is 1. The Morgan fingerprint density at radius 3 is 2.79 bits per heavy atom. The fraction of sp³-hybridized carbons (Fsp3) is 0.250.